The van der Waals surface area contributed by atoms with E-state index in [-0.39, 0.29) is 22.6 Å². The van der Waals surface area contributed by atoms with Gasteiger partial charge in [0, 0.05) is 30.1 Å². The summed E-state index contributed by atoms with van der Waals surface area (Å²) in [6, 6.07) is 5.71. The van der Waals surface area contributed by atoms with Crippen LogP contribution in [0.3, 0.4) is 0 Å². The molecular weight excluding hydrogens is 372 g/mol. The predicted octanol–water partition coefficient (Wildman–Crippen LogP) is 3.30. The van der Waals surface area contributed by atoms with Gasteiger partial charge in [-0.1, -0.05) is 26.8 Å². The second-order valence-corrected chi connectivity index (χ2v) is 7.79. The highest BCUT2D eigenvalue weighted by atomic mass is 16.5. The third-order valence-corrected chi connectivity index (χ3v) is 4.54. The molecule has 0 aliphatic heterocycles. The molecule has 0 spiro atoms. The van der Waals surface area contributed by atoms with Crippen molar-refractivity contribution in [2.75, 3.05) is 11.9 Å². The smallest absolute Gasteiger partial charge is 0.409 e. The lowest BCUT2D eigenvalue weighted by Crippen LogP contribution is -2.22. The Balaban J connectivity index is 2.00. The number of anilines is 1. The maximum Gasteiger partial charge on any atom is 0.409 e. The summed E-state index contributed by atoms with van der Waals surface area (Å²) < 4.78 is 10.5. The number of amides is 1. The molecule has 0 aliphatic rings. The van der Waals surface area contributed by atoms with E-state index in [1.807, 2.05) is 32.9 Å². The van der Waals surface area contributed by atoms with E-state index in [1.54, 1.807) is 25.4 Å². The maximum atomic E-state index is 12.6. The fourth-order valence-corrected chi connectivity index (χ4v) is 3.12. The summed E-state index contributed by atoms with van der Waals surface area (Å²) in [5, 5.41) is 3.30. The summed E-state index contributed by atoms with van der Waals surface area (Å²) in [5.41, 5.74) is 7.00. The molecule has 29 heavy (non-hydrogen) atoms. The molecule has 8 nitrogen and oxygen atoms in total. The molecule has 3 rings (SSSR count). The molecule has 0 bridgehead atoms. The normalized spacial score (nSPS) is 11.4. The first-order chi connectivity index (χ1) is 13.7. The van der Waals surface area contributed by atoms with E-state index in [1.165, 1.54) is 0 Å². The zero-order valence-corrected chi connectivity index (χ0v) is 16.9. The largest absolute Gasteiger partial charge is 0.410 e. The van der Waals surface area contributed by atoms with Crippen molar-refractivity contribution < 1.29 is 13.9 Å². The number of aryl methyl sites for hydroxylation is 1. The molecule has 2 heterocycles. The fraction of sp³-hybridized carbons (Fsp3) is 0.333. The summed E-state index contributed by atoms with van der Waals surface area (Å²) in [7, 11) is 0. The Kier molecular flexibility index (Phi) is 5.54. The summed E-state index contributed by atoms with van der Waals surface area (Å²) in [6.07, 6.45) is 3.26. The number of hydrogen-bond donors (Lipinski definition) is 2. The molecule has 0 radical (unpaired) electrons. The van der Waals surface area contributed by atoms with Crippen molar-refractivity contribution in [3.63, 3.8) is 0 Å². The maximum absolute atomic E-state index is 12.6. The first-order valence-electron chi connectivity index (χ1n) is 9.26. The Bertz CT molecular complexity index is 1100. The van der Waals surface area contributed by atoms with Crippen molar-refractivity contribution in [2.24, 2.45) is 5.73 Å². The highest BCUT2D eigenvalue weighted by Crippen LogP contribution is 2.37. The average molecular weight is 396 g/mol. The van der Waals surface area contributed by atoms with Crippen LogP contribution in [0.1, 0.15) is 37.5 Å². The molecule has 152 valence electrons. The molecule has 0 aliphatic carbocycles. The van der Waals surface area contributed by atoms with Gasteiger partial charge in [0.1, 0.15) is 5.75 Å². The molecule has 1 aromatic carbocycles. The molecule has 3 N–H and O–H groups in total. The number of nitrogens with two attached hydrogens (primary N) is 1. The lowest BCUT2D eigenvalue weighted by molar-refractivity contribution is 0.209. The molecule has 0 atom stereocenters. The fourth-order valence-electron chi connectivity index (χ4n) is 3.12. The van der Waals surface area contributed by atoms with Crippen molar-refractivity contribution in [3.05, 3.63) is 57.7 Å². The summed E-state index contributed by atoms with van der Waals surface area (Å²) in [4.78, 5) is 32.5. The highest BCUT2D eigenvalue weighted by molar-refractivity contribution is 5.86. The Morgan fingerprint density at radius 2 is 2.10 bits per heavy atom. The van der Waals surface area contributed by atoms with Crippen LogP contribution in [0.5, 0.6) is 5.75 Å². The number of nitrogens with one attached hydrogen (secondary N) is 1. The van der Waals surface area contributed by atoms with Crippen molar-refractivity contribution in [2.45, 2.75) is 39.5 Å². The Hall–Kier alpha value is -3.42. The number of carbonyl (C=O) groups is 1. The number of hydrogen-bond acceptors (Lipinski definition) is 7. The Labute approximate surface area is 168 Å². The minimum absolute atomic E-state index is 0.134. The van der Waals surface area contributed by atoms with Gasteiger partial charge in [-0.05, 0) is 36.5 Å². The monoisotopic (exact) mass is 396 g/mol. The van der Waals surface area contributed by atoms with Gasteiger partial charge in [-0.3, -0.25) is 4.98 Å². The number of ether oxygens (including phenoxy) is 1. The van der Waals surface area contributed by atoms with E-state index >= 15 is 0 Å². The zero-order valence-electron chi connectivity index (χ0n) is 16.9. The van der Waals surface area contributed by atoms with Crippen molar-refractivity contribution in [1.82, 2.24) is 9.97 Å². The van der Waals surface area contributed by atoms with E-state index in [4.69, 9.17) is 14.9 Å². The van der Waals surface area contributed by atoms with Crippen LogP contribution in [0, 0.1) is 6.92 Å². The van der Waals surface area contributed by atoms with Gasteiger partial charge in [0.05, 0.1) is 10.9 Å². The predicted molar refractivity (Wildman–Crippen MR) is 110 cm³/mol. The standard InChI is InChI=1S/C21H24N4O4/c1-12-16-15(10-14(21(2,3)4)17(12)28-19(22)27)25-20(29-18(16)26)24-9-7-13-6-5-8-23-11-13/h5-6,8,10-11H,7,9H2,1-4H3,(H2,22,27)(H,24,25). The third kappa shape index (κ3) is 4.53. The second kappa shape index (κ2) is 7.90. The number of rotatable bonds is 5. The minimum Gasteiger partial charge on any atom is -0.410 e. The SMILES string of the molecule is Cc1c(OC(N)=O)c(C(C)(C)C)cc2nc(NCCc3cccnc3)oc(=O)c12. The van der Waals surface area contributed by atoms with Crippen LogP contribution in [0.15, 0.2) is 39.8 Å². The molecule has 8 heteroatoms. The quantitative estimate of drug-likeness (QED) is 0.679. The lowest BCUT2D eigenvalue weighted by atomic mass is 9.84. The lowest BCUT2D eigenvalue weighted by Gasteiger charge is -2.24. The van der Waals surface area contributed by atoms with Crippen LogP contribution in [-0.2, 0) is 11.8 Å². The molecule has 3 aromatic rings. The van der Waals surface area contributed by atoms with Crippen LogP contribution in [0.25, 0.3) is 10.9 Å². The molecule has 2 aromatic heterocycles. The number of fused-ring (bicyclic) bond motifs is 1. The first-order valence-corrected chi connectivity index (χ1v) is 9.26. The number of aromatic nitrogens is 2. The number of pyridine rings is 1. The van der Waals surface area contributed by atoms with E-state index in [2.05, 4.69) is 15.3 Å². The molecule has 0 saturated heterocycles. The van der Waals surface area contributed by atoms with Gasteiger partial charge in [-0.15, -0.1) is 0 Å². The molecule has 0 fully saturated rings. The summed E-state index contributed by atoms with van der Waals surface area (Å²) in [5.74, 6) is 0.267. The second-order valence-electron chi connectivity index (χ2n) is 7.79. The highest BCUT2D eigenvalue weighted by Gasteiger charge is 2.25. The van der Waals surface area contributed by atoms with Gasteiger partial charge in [0.25, 0.3) is 6.01 Å². The molecule has 0 saturated carbocycles. The molecule has 1 amide bonds. The Morgan fingerprint density at radius 1 is 1.34 bits per heavy atom. The van der Waals surface area contributed by atoms with E-state index in [9.17, 15) is 9.59 Å². The first kappa shape index (κ1) is 20.3. The van der Waals surface area contributed by atoms with Crippen LogP contribution in [0.4, 0.5) is 10.8 Å². The van der Waals surface area contributed by atoms with Gasteiger partial charge in [0.2, 0.25) is 0 Å². The number of primary amides is 1. The third-order valence-electron chi connectivity index (χ3n) is 4.54. The zero-order chi connectivity index (χ0) is 21.2. The van der Waals surface area contributed by atoms with Crippen LogP contribution in [0.2, 0.25) is 0 Å². The summed E-state index contributed by atoms with van der Waals surface area (Å²) >= 11 is 0. The number of benzene rings is 1. The van der Waals surface area contributed by atoms with Crippen molar-refractivity contribution in [1.29, 1.82) is 0 Å². The minimum atomic E-state index is -0.941. The van der Waals surface area contributed by atoms with E-state index < -0.39 is 11.7 Å². The molecule has 0 unspecified atom stereocenters. The van der Waals surface area contributed by atoms with Crippen LogP contribution >= 0.6 is 0 Å². The topological polar surface area (TPSA) is 120 Å². The number of nitrogens with zero attached hydrogens (tertiary/aromatic N) is 2. The van der Waals surface area contributed by atoms with Gasteiger partial charge in [-0.2, -0.15) is 4.98 Å². The molecular formula is C21H24N4O4. The van der Waals surface area contributed by atoms with Crippen molar-refractivity contribution >= 4 is 23.0 Å². The van der Waals surface area contributed by atoms with Crippen LogP contribution in [-0.4, -0.2) is 22.6 Å². The van der Waals surface area contributed by atoms with Gasteiger partial charge in [0.15, 0.2) is 0 Å². The number of carbonyl (C=O) groups excluding carboxylic acids is 1. The Morgan fingerprint density at radius 3 is 2.72 bits per heavy atom. The van der Waals surface area contributed by atoms with E-state index in [0.717, 1.165) is 11.1 Å². The average Bonchev–Trinajstić information content (AvgIpc) is 2.63. The van der Waals surface area contributed by atoms with Gasteiger partial charge in [-0.25, -0.2) is 9.59 Å². The van der Waals surface area contributed by atoms with Gasteiger partial charge < -0.3 is 20.2 Å². The summed E-state index contributed by atoms with van der Waals surface area (Å²) in [6.45, 7) is 8.13. The van der Waals surface area contributed by atoms with Crippen LogP contribution < -0.4 is 21.4 Å². The van der Waals surface area contributed by atoms with E-state index in [0.29, 0.717) is 24.0 Å². The van der Waals surface area contributed by atoms with Gasteiger partial charge >= 0.3 is 11.7 Å². The van der Waals surface area contributed by atoms with Crippen molar-refractivity contribution in [3.8, 4) is 5.75 Å².